The van der Waals surface area contributed by atoms with Gasteiger partial charge < -0.3 is 0 Å². The lowest BCUT2D eigenvalue weighted by molar-refractivity contribution is -0.605. The molecule has 10 heavy (non-hydrogen) atoms. The van der Waals surface area contributed by atoms with Gasteiger partial charge in [-0.25, -0.2) is 0 Å². The molecule has 0 saturated heterocycles. The fraction of sp³-hybridized carbons (Fsp3) is 0.714. The predicted molar refractivity (Wildman–Crippen MR) is 38.1 cm³/mol. The van der Waals surface area contributed by atoms with Gasteiger partial charge in [0.15, 0.2) is 6.21 Å². The lowest BCUT2D eigenvalue weighted by Crippen LogP contribution is -2.77. The third-order valence-corrected chi connectivity index (χ3v) is 1.78. The number of hydrogen-bond donors (Lipinski definition) is 1. The van der Waals surface area contributed by atoms with Gasteiger partial charge in [-0.1, -0.05) is 13.8 Å². The summed E-state index contributed by atoms with van der Waals surface area (Å²) in [6, 6.07) is 0. The molecule has 0 aromatic carbocycles. The smallest absolute Gasteiger partial charge is 0.268 e. The van der Waals surface area contributed by atoms with E-state index in [1.165, 1.54) is 5.01 Å². The lowest BCUT2D eigenvalue weighted by Gasteiger charge is -2.06. The second kappa shape index (κ2) is 2.40. The molecule has 3 nitrogen and oxygen atoms in total. The van der Waals surface area contributed by atoms with Crippen LogP contribution in [0.3, 0.4) is 0 Å². The molecule has 56 valence electrons. The van der Waals surface area contributed by atoms with Crippen LogP contribution in [0.1, 0.15) is 13.8 Å². The van der Waals surface area contributed by atoms with Crippen molar-refractivity contribution in [2.45, 2.75) is 13.8 Å². The Morgan fingerprint density at radius 1 is 1.70 bits per heavy atom. The topological polar surface area (TPSA) is 34.3 Å². The van der Waals surface area contributed by atoms with E-state index in [1.54, 1.807) is 7.05 Å². The predicted octanol–water partition coefficient (Wildman–Crippen LogP) is -1.20. The Morgan fingerprint density at radius 2 is 2.30 bits per heavy atom. The van der Waals surface area contributed by atoms with E-state index in [2.05, 4.69) is 5.10 Å². The van der Waals surface area contributed by atoms with Crippen molar-refractivity contribution in [1.29, 1.82) is 0 Å². The summed E-state index contributed by atoms with van der Waals surface area (Å²) in [6.45, 7) is 4.08. The molecule has 1 unspecified atom stereocenters. The van der Waals surface area contributed by atoms with Crippen LogP contribution < -0.4 is 5.10 Å². The third-order valence-electron chi connectivity index (χ3n) is 1.78. The first kappa shape index (κ1) is 7.25. The third kappa shape index (κ3) is 1.03. The molecule has 1 aliphatic heterocycles. The van der Waals surface area contributed by atoms with Gasteiger partial charge >= 0.3 is 0 Å². The second-order valence-corrected chi connectivity index (χ2v) is 2.96. The molecule has 0 spiro atoms. The number of hydrazine groups is 1. The Balaban J connectivity index is 2.67. The fourth-order valence-corrected chi connectivity index (χ4v) is 1.03. The van der Waals surface area contributed by atoms with Gasteiger partial charge in [-0.2, -0.15) is 0 Å². The van der Waals surface area contributed by atoms with Crippen LogP contribution >= 0.6 is 0 Å². The highest BCUT2D eigenvalue weighted by Gasteiger charge is 2.33. The molecule has 0 bridgehead atoms. The molecular weight excluding hydrogens is 128 g/mol. The molecule has 0 radical (unpaired) electrons. The van der Waals surface area contributed by atoms with Crippen molar-refractivity contribution in [3.05, 3.63) is 0 Å². The zero-order valence-corrected chi connectivity index (χ0v) is 6.59. The van der Waals surface area contributed by atoms with Gasteiger partial charge in [0.1, 0.15) is 5.92 Å². The van der Waals surface area contributed by atoms with Gasteiger partial charge in [-0.3, -0.25) is 4.79 Å². The summed E-state index contributed by atoms with van der Waals surface area (Å²) in [6.07, 6.45) is 1.84. The maximum atomic E-state index is 11.2. The maximum Gasteiger partial charge on any atom is 0.290 e. The van der Waals surface area contributed by atoms with Gasteiger partial charge in [0.2, 0.25) is 0 Å². The van der Waals surface area contributed by atoms with Crippen molar-refractivity contribution in [3.63, 3.8) is 0 Å². The zero-order chi connectivity index (χ0) is 7.72. The van der Waals surface area contributed by atoms with E-state index in [0.29, 0.717) is 5.92 Å². The summed E-state index contributed by atoms with van der Waals surface area (Å²) in [4.78, 5) is 11.2. The maximum absolute atomic E-state index is 11.2. The molecule has 1 atom stereocenters. The first-order valence-electron chi connectivity index (χ1n) is 3.50. The number of nitrogens with zero attached hydrogens (tertiary/aromatic N) is 1. The van der Waals surface area contributed by atoms with Crippen LogP contribution in [0.2, 0.25) is 0 Å². The second-order valence-electron chi connectivity index (χ2n) is 2.96. The molecule has 0 fully saturated rings. The van der Waals surface area contributed by atoms with Crippen molar-refractivity contribution < 1.29 is 9.90 Å². The number of nitrogens with one attached hydrogen (secondary N) is 1. The molecule has 1 rings (SSSR count). The van der Waals surface area contributed by atoms with Crippen molar-refractivity contribution >= 4 is 12.1 Å². The highest BCUT2D eigenvalue weighted by molar-refractivity contribution is 5.93. The molecule has 0 aliphatic carbocycles. The van der Waals surface area contributed by atoms with Crippen LogP contribution in [0, 0.1) is 11.8 Å². The highest BCUT2D eigenvalue weighted by Crippen LogP contribution is 2.09. The highest BCUT2D eigenvalue weighted by atomic mass is 16.2. The van der Waals surface area contributed by atoms with Crippen molar-refractivity contribution in [1.82, 2.24) is 5.01 Å². The first-order chi connectivity index (χ1) is 4.63. The summed E-state index contributed by atoms with van der Waals surface area (Å²) in [5, 5.41) is 4.38. The van der Waals surface area contributed by atoms with E-state index in [4.69, 9.17) is 0 Å². The Bertz CT molecular complexity index is 174. The van der Waals surface area contributed by atoms with Gasteiger partial charge in [-0.15, -0.1) is 10.1 Å². The van der Waals surface area contributed by atoms with Gasteiger partial charge in [0, 0.05) is 0 Å². The van der Waals surface area contributed by atoms with Gasteiger partial charge in [-0.05, 0) is 5.92 Å². The first-order valence-corrected chi connectivity index (χ1v) is 3.50. The minimum atomic E-state index is 0.0602. The number of rotatable bonds is 1. The Hall–Kier alpha value is -0.860. The molecule has 3 heteroatoms. The summed E-state index contributed by atoms with van der Waals surface area (Å²) >= 11 is 0. The van der Waals surface area contributed by atoms with Crippen molar-refractivity contribution in [2.75, 3.05) is 7.05 Å². The average Bonchev–Trinajstić information content (AvgIpc) is 2.14. The van der Waals surface area contributed by atoms with E-state index in [-0.39, 0.29) is 11.8 Å². The molecule has 1 aliphatic rings. The Labute approximate surface area is 60.7 Å². The normalized spacial score (nSPS) is 25.0. The molecule has 0 aromatic heterocycles. The van der Waals surface area contributed by atoms with Crippen LogP contribution in [0.4, 0.5) is 0 Å². The minimum Gasteiger partial charge on any atom is -0.268 e. The van der Waals surface area contributed by atoms with Crippen molar-refractivity contribution in [3.8, 4) is 0 Å². The molecule has 1 amide bonds. The summed E-state index contributed by atoms with van der Waals surface area (Å²) in [5.74, 6) is 0.616. The van der Waals surface area contributed by atoms with Gasteiger partial charge in [0.25, 0.3) is 5.91 Å². The van der Waals surface area contributed by atoms with Crippen LogP contribution in [0.15, 0.2) is 0 Å². The van der Waals surface area contributed by atoms with Crippen molar-refractivity contribution in [2.24, 2.45) is 11.8 Å². The van der Waals surface area contributed by atoms with Crippen LogP contribution in [0.5, 0.6) is 0 Å². The molecule has 1 N–H and O–H groups in total. The number of hydrogen-bond acceptors (Lipinski definition) is 1. The summed E-state index contributed by atoms with van der Waals surface area (Å²) in [5.41, 5.74) is 0. The average molecular weight is 141 g/mol. The van der Waals surface area contributed by atoms with E-state index < -0.39 is 0 Å². The monoisotopic (exact) mass is 141 g/mol. The van der Waals surface area contributed by atoms with Crippen LogP contribution in [0.25, 0.3) is 0 Å². The molecular formula is C7H13N2O+. The quantitative estimate of drug-likeness (QED) is 0.489. The number of amides is 1. The Morgan fingerprint density at radius 3 is 2.50 bits per heavy atom. The minimum absolute atomic E-state index is 0.0602. The number of carbonyl (C=O) groups excluding carboxylic acids is 1. The number of hydrazone groups is 1. The summed E-state index contributed by atoms with van der Waals surface area (Å²) in [7, 11) is 1.74. The van der Waals surface area contributed by atoms with Crippen LogP contribution in [-0.4, -0.2) is 24.2 Å². The molecule has 0 saturated carbocycles. The molecule has 1 heterocycles. The fourth-order valence-electron chi connectivity index (χ4n) is 1.03. The van der Waals surface area contributed by atoms with E-state index >= 15 is 0 Å². The Kier molecular flexibility index (Phi) is 1.74. The summed E-state index contributed by atoms with van der Waals surface area (Å²) < 4.78 is 0. The largest absolute Gasteiger partial charge is 0.290 e. The lowest BCUT2D eigenvalue weighted by atomic mass is 9.97. The van der Waals surface area contributed by atoms with Crippen LogP contribution in [-0.2, 0) is 4.79 Å². The SMILES string of the molecule is CC(C)C1C=[NH+]N(C)C1=O. The zero-order valence-electron chi connectivity index (χ0n) is 6.59. The number of carbonyl (C=O) groups is 1. The molecule has 0 aromatic rings. The van der Waals surface area contributed by atoms with E-state index in [0.717, 1.165) is 0 Å². The van der Waals surface area contributed by atoms with E-state index in [1.807, 2.05) is 20.1 Å². The standard InChI is InChI=1S/C7H12N2O/c1-5(2)6-4-8-9(3)7(6)10/h4-6H,1-3H3/p+1. The van der Waals surface area contributed by atoms with E-state index in [9.17, 15) is 4.79 Å². The van der Waals surface area contributed by atoms with Gasteiger partial charge in [0.05, 0.1) is 7.05 Å².